The number of aliphatic hydroxyl groups is 1. The zero-order valence-electron chi connectivity index (χ0n) is 12.1. The van der Waals surface area contributed by atoms with Gasteiger partial charge in [0.15, 0.2) is 10.8 Å². The van der Waals surface area contributed by atoms with E-state index in [2.05, 4.69) is 15.3 Å². The highest BCUT2D eigenvalue weighted by Gasteiger charge is 2.33. The third kappa shape index (κ3) is 2.94. The van der Waals surface area contributed by atoms with E-state index in [1.54, 1.807) is 11.1 Å². The van der Waals surface area contributed by atoms with E-state index >= 15 is 0 Å². The summed E-state index contributed by atoms with van der Waals surface area (Å²) in [4.78, 5) is 21.8. The molecule has 1 saturated heterocycles. The molecule has 1 aromatic heterocycles. The second-order valence-electron chi connectivity index (χ2n) is 5.45. The number of rotatable bonds is 4. The van der Waals surface area contributed by atoms with Crippen LogP contribution in [0.25, 0.3) is 0 Å². The lowest BCUT2D eigenvalue weighted by Gasteiger charge is -2.26. The average Bonchev–Trinajstić information content (AvgIpc) is 3.10. The standard InChI is InChI=1S/C14H17FN4O2S/c1-8-9(7-20)11(5-19-4-10(15)12(21)6-19)18-13(17-8)14-16-2-3-22-14/h2-3,7-8,10,12,21H,4-6H2,1H3,(H,17,18)/t8-,10?,12?/m0/s1. The van der Waals surface area contributed by atoms with Gasteiger partial charge in [-0.05, 0) is 6.92 Å². The lowest BCUT2D eigenvalue weighted by Crippen LogP contribution is -2.39. The molecule has 8 heteroatoms. The molecule has 118 valence electrons. The lowest BCUT2D eigenvalue weighted by atomic mass is 10.1. The predicted molar refractivity (Wildman–Crippen MR) is 81.7 cm³/mol. The van der Waals surface area contributed by atoms with Crippen LogP contribution in [0.5, 0.6) is 0 Å². The van der Waals surface area contributed by atoms with Crippen molar-refractivity contribution in [2.75, 3.05) is 19.6 Å². The monoisotopic (exact) mass is 324 g/mol. The second-order valence-corrected chi connectivity index (χ2v) is 6.34. The molecule has 0 spiro atoms. The molecule has 0 aromatic carbocycles. The topological polar surface area (TPSA) is 77.8 Å². The summed E-state index contributed by atoms with van der Waals surface area (Å²) in [5.74, 6) is 0.625. The smallest absolute Gasteiger partial charge is 0.162 e. The first-order valence-electron chi connectivity index (χ1n) is 7.06. The molecule has 0 bridgehead atoms. The Bertz CT molecular complexity index is 606. The minimum absolute atomic E-state index is 0.163. The van der Waals surface area contributed by atoms with Crippen molar-refractivity contribution in [2.45, 2.75) is 25.2 Å². The molecule has 0 amide bonds. The van der Waals surface area contributed by atoms with Gasteiger partial charge in [0, 0.05) is 42.5 Å². The van der Waals surface area contributed by atoms with Gasteiger partial charge in [-0.15, -0.1) is 11.3 Å². The number of carbonyl (C=O) groups excluding carboxylic acids is 1. The van der Waals surface area contributed by atoms with Crippen molar-refractivity contribution in [1.82, 2.24) is 15.2 Å². The van der Waals surface area contributed by atoms with Crippen LogP contribution in [0.1, 0.15) is 11.9 Å². The second kappa shape index (κ2) is 6.23. The molecule has 22 heavy (non-hydrogen) atoms. The molecule has 0 saturated carbocycles. The van der Waals surface area contributed by atoms with Crippen molar-refractivity contribution in [2.24, 2.45) is 4.99 Å². The Morgan fingerprint density at radius 2 is 2.41 bits per heavy atom. The fraction of sp³-hybridized carbons (Fsp3) is 0.500. The SMILES string of the molecule is C[C@@H]1N=C(c2nccs2)NC(CN2CC(O)C(F)C2)=C1C=O. The number of hydrogen-bond donors (Lipinski definition) is 2. The maximum Gasteiger partial charge on any atom is 0.162 e. The molecule has 2 aliphatic rings. The van der Waals surface area contributed by atoms with E-state index < -0.39 is 12.3 Å². The van der Waals surface area contributed by atoms with Crippen LogP contribution in [0.15, 0.2) is 27.8 Å². The number of thiazole rings is 1. The van der Waals surface area contributed by atoms with E-state index in [0.29, 0.717) is 23.7 Å². The first-order valence-corrected chi connectivity index (χ1v) is 7.94. The number of nitrogens with zero attached hydrogens (tertiary/aromatic N) is 3. The van der Waals surface area contributed by atoms with Crippen LogP contribution >= 0.6 is 11.3 Å². The molecule has 0 aliphatic carbocycles. The van der Waals surface area contributed by atoms with Gasteiger partial charge in [-0.2, -0.15) is 0 Å². The minimum Gasteiger partial charge on any atom is -0.389 e. The van der Waals surface area contributed by atoms with Gasteiger partial charge in [0.1, 0.15) is 12.5 Å². The number of nitrogens with one attached hydrogen (secondary N) is 1. The molecule has 3 heterocycles. The van der Waals surface area contributed by atoms with Gasteiger partial charge in [0.2, 0.25) is 0 Å². The summed E-state index contributed by atoms with van der Waals surface area (Å²) in [5, 5.41) is 15.3. The first-order chi connectivity index (χ1) is 10.6. The number of aliphatic imine (C=N–C) groups is 1. The molecular weight excluding hydrogens is 307 g/mol. The number of alkyl halides is 1. The summed E-state index contributed by atoms with van der Waals surface area (Å²) < 4.78 is 13.4. The molecule has 2 aliphatic heterocycles. The van der Waals surface area contributed by atoms with Gasteiger partial charge in [-0.1, -0.05) is 0 Å². The molecule has 2 N–H and O–H groups in total. The summed E-state index contributed by atoms with van der Waals surface area (Å²) in [7, 11) is 0. The molecule has 3 rings (SSSR count). The van der Waals surface area contributed by atoms with Gasteiger partial charge in [-0.3, -0.25) is 14.7 Å². The van der Waals surface area contributed by atoms with E-state index in [9.17, 15) is 14.3 Å². The molecular formula is C14H17FN4O2S. The van der Waals surface area contributed by atoms with Crippen LogP contribution in [0.4, 0.5) is 4.39 Å². The van der Waals surface area contributed by atoms with Gasteiger partial charge >= 0.3 is 0 Å². The number of aldehydes is 1. The van der Waals surface area contributed by atoms with E-state index in [0.717, 1.165) is 11.3 Å². The Morgan fingerprint density at radius 1 is 1.59 bits per heavy atom. The summed E-state index contributed by atoms with van der Waals surface area (Å²) in [6.07, 6.45) is 0.272. The fourth-order valence-corrected chi connectivity index (χ4v) is 3.27. The van der Waals surface area contributed by atoms with Gasteiger partial charge < -0.3 is 10.4 Å². The van der Waals surface area contributed by atoms with E-state index in [-0.39, 0.29) is 19.1 Å². The number of hydrogen-bond acceptors (Lipinski definition) is 7. The van der Waals surface area contributed by atoms with Crippen molar-refractivity contribution in [3.05, 3.63) is 27.9 Å². The summed E-state index contributed by atoms with van der Waals surface area (Å²) in [6, 6.07) is -0.277. The molecule has 0 radical (unpaired) electrons. The Labute approximate surface area is 131 Å². The Hall–Kier alpha value is -1.64. The fourth-order valence-electron chi connectivity index (χ4n) is 2.69. The van der Waals surface area contributed by atoms with Crippen molar-refractivity contribution < 1.29 is 14.3 Å². The minimum atomic E-state index is -1.24. The highest BCUT2D eigenvalue weighted by molar-refractivity contribution is 7.11. The van der Waals surface area contributed by atoms with Gasteiger partial charge in [0.05, 0.1) is 12.1 Å². The van der Waals surface area contributed by atoms with E-state index in [1.165, 1.54) is 11.3 Å². The normalized spacial score (nSPS) is 29.4. The third-order valence-electron chi connectivity index (χ3n) is 3.83. The van der Waals surface area contributed by atoms with Crippen molar-refractivity contribution in [3.63, 3.8) is 0 Å². The number of carbonyl (C=O) groups is 1. The maximum atomic E-state index is 13.4. The molecule has 2 unspecified atom stereocenters. The van der Waals surface area contributed by atoms with Crippen LogP contribution in [-0.2, 0) is 4.79 Å². The maximum absolute atomic E-state index is 13.4. The Kier molecular flexibility index (Phi) is 4.32. The zero-order valence-corrected chi connectivity index (χ0v) is 12.9. The quantitative estimate of drug-likeness (QED) is 0.782. The lowest BCUT2D eigenvalue weighted by molar-refractivity contribution is -0.105. The van der Waals surface area contributed by atoms with Crippen molar-refractivity contribution in [3.8, 4) is 0 Å². The Morgan fingerprint density at radius 3 is 3.00 bits per heavy atom. The average molecular weight is 324 g/mol. The summed E-state index contributed by atoms with van der Waals surface area (Å²) in [6.45, 7) is 2.64. The number of β-amino-alcohol motifs (C(OH)–C–C–N with tert-alkyl or cyclic N) is 1. The molecule has 6 nitrogen and oxygen atoms in total. The van der Waals surface area contributed by atoms with Crippen LogP contribution < -0.4 is 5.32 Å². The van der Waals surface area contributed by atoms with E-state index in [4.69, 9.17) is 0 Å². The van der Waals surface area contributed by atoms with Crippen LogP contribution in [-0.4, -0.2) is 65.1 Å². The van der Waals surface area contributed by atoms with Crippen LogP contribution in [0.2, 0.25) is 0 Å². The third-order valence-corrected chi connectivity index (χ3v) is 4.61. The highest BCUT2D eigenvalue weighted by atomic mass is 32.1. The number of likely N-dealkylation sites (tertiary alicyclic amines) is 1. The van der Waals surface area contributed by atoms with Crippen LogP contribution in [0, 0.1) is 0 Å². The van der Waals surface area contributed by atoms with E-state index in [1.807, 2.05) is 12.3 Å². The summed E-state index contributed by atoms with van der Waals surface area (Å²) in [5.41, 5.74) is 1.25. The van der Waals surface area contributed by atoms with Crippen molar-refractivity contribution in [1.29, 1.82) is 0 Å². The van der Waals surface area contributed by atoms with Gasteiger partial charge in [0.25, 0.3) is 0 Å². The largest absolute Gasteiger partial charge is 0.389 e. The summed E-state index contributed by atoms with van der Waals surface area (Å²) >= 11 is 1.46. The highest BCUT2D eigenvalue weighted by Crippen LogP contribution is 2.20. The number of aromatic nitrogens is 1. The Balaban J connectivity index is 1.79. The number of aliphatic hydroxyl groups excluding tert-OH is 1. The van der Waals surface area contributed by atoms with Crippen LogP contribution in [0.3, 0.4) is 0 Å². The predicted octanol–water partition coefficient (Wildman–Crippen LogP) is 0.349. The van der Waals surface area contributed by atoms with Crippen molar-refractivity contribution >= 4 is 23.5 Å². The van der Waals surface area contributed by atoms with Gasteiger partial charge in [-0.25, -0.2) is 9.37 Å². The molecule has 1 aromatic rings. The number of halogens is 1. The molecule has 1 fully saturated rings. The number of amidine groups is 1. The first kappa shape index (κ1) is 15.3. The zero-order chi connectivity index (χ0) is 15.7. The molecule has 3 atom stereocenters.